The first-order chi connectivity index (χ1) is 9.69. The summed E-state index contributed by atoms with van der Waals surface area (Å²) in [5.74, 6) is -0.839. The number of aliphatic carboxylic acids is 1. The van der Waals surface area contributed by atoms with Crippen molar-refractivity contribution in [3.05, 3.63) is 27.9 Å². The largest absolute Gasteiger partial charge is 0.480 e. The highest BCUT2D eigenvalue weighted by Crippen LogP contribution is 2.26. The third-order valence-electron chi connectivity index (χ3n) is 2.68. The van der Waals surface area contributed by atoms with E-state index in [2.05, 4.69) is 10.4 Å². The van der Waals surface area contributed by atoms with Crippen molar-refractivity contribution >= 4 is 28.6 Å². The Balaban J connectivity index is 2.00. The number of thiophene rings is 1. The summed E-state index contributed by atoms with van der Waals surface area (Å²) in [5.41, 5.74) is 2.02. The van der Waals surface area contributed by atoms with E-state index in [1.165, 1.54) is 0 Å². The number of rotatable bonds is 8. The summed E-state index contributed by atoms with van der Waals surface area (Å²) in [4.78, 5) is 17.2. The molecule has 2 aromatic rings. The minimum absolute atomic E-state index is 0.00529. The van der Waals surface area contributed by atoms with Crippen LogP contribution >= 0.6 is 22.7 Å². The van der Waals surface area contributed by atoms with Crippen molar-refractivity contribution in [3.8, 4) is 10.6 Å². The number of hydrogen-bond donors (Lipinski definition) is 1. The van der Waals surface area contributed by atoms with Crippen LogP contribution in [0.3, 0.4) is 0 Å². The van der Waals surface area contributed by atoms with Gasteiger partial charge in [-0.15, -0.1) is 11.3 Å². The van der Waals surface area contributed by atoms with Gasteiger partial charge in [0.25, 0.3) is 0 Å². The lowest BCUT2D eigenvalue weighted by Crippen LogP contribution is -2.32. The van der Waals surface area contributed by atoms with E-state index in [-0.39, 0.29) is 6.54 Å². The van der Waals surface area contributed by atoms with Crippen molar-refractivity contribution in [3.63, 3.8) is 0 Å². The highest BCUT2D eigenvalue weighted by atomic mass is 32.1. The molecule has 108 valence electrons. The average Bonchev–Trinajstić information content (AvgIpc) is 3.05. The van der Waals surface area contributed by atoms with Gasteiger partial charge in [0, 0.05) is 36.5 Å². The number of methoxy groups -OCH3 is 1. The van der Waals surface area contributed by atoms with Crippen LogP contribution in [0, 0.1) is 0 Å². The van der Waals surface area contributed by atoms with Gasteiger partial charge >= 0.3 is 5.97 Å². The SMILES string of the molecule is COCCN(CC(=O)O)Cc1csc(-c2ccsc2)n1. The lowest BCUT2D eigenvalue weighted by Gasteiger charge is -2.18. The molecule has 0 aliphatic heterocycles. The van der Waals surface area contributed by atoms with E-state index >= 15 is 0 Å². The Morgan fingerprint density at radius 2 is 2.35 bits per heavy atom. The number of carboxylic acid groups (broad SMARTS) is 1. The first-order valence-electron chi connectivity index (χ1n) is 6.09. The molecule has 0 aliphatic rings. The van der Waals surface area contributed by atoms with Crippen molar-refractivity contribution in [1.29, 1.82) is 0 Å². The fourth-order valence-electron chi connectivity index (χ4n) is 1.75. The lowest BCUT2D eigenvalue weighted by molar-refractivity contribution is -0.138. The maximum Gasteiger partial charge on any atom is 0.317 e. The molecular formula is C13H16N2O3S2. The molecule has 0 aliphatic carbocycles. The summed E-state index contributed by atoms with van der Waals surface area (Å²) < 4.78 is 5.00. The van der Waals surface area contributed by atoms with Crippen molar-refractivity contribution in [2.24, 2.45) is 0 Å². The van der Waals surface area contributed by atoms with E-state index in [1.807, 2.05) is 21.7 Å². The minimum Gasteiger partial charge on any atom is -0.480 e. The van der Waals surface area contributed by atoms with Crippen LogP contribution < -0.4 is 0 Å². The van der Waals surface area contributed by atoms with Gasteiger partial charge in [0.2, 0.25) is 0 Å². The molecule has 0 saturated carbocycles. The molecule has 5 nitrogen and oxygen atoms in total. The van der Waals surface area contributed by atoms with Crippen LogP contribution in [0.4, 0.5) is 0 Å². The number of hydrogen-bond acceptors (Lipinski definition) is 6. The summed E-state index contributed by atoms with van der Waals surface area (Å²) in [6, 6.07) is 2.03. The third-order valence-corrected chi connectivity index (χ3v) is 4.30. The van der Waals surface area contributed by atoms with Gasteiger partial charge in [-0.2, -0.15) is 11.3 Å². The number of ether oxygens (including phenoxy) is 1. The van der Waals surface area contributed by atoms with Crippen molar-refractivity contribution in [1.82, 2.24) is 9.88 Å². The predicted molar refractivity (Wildman–Crippen MR) is 80.2 cm³/mol. The fraction of sp³-hybridized carbons (Fsp3) is 0.385. The second-order valence-electron chi connectivity index (χ2n) is 4.25. The summed E-state index contributed by atoms with van der Waals surface area (Å²) in [6.45, 7) is 1.61. The van der Waals surface area contributed by atoms with Gasteiger partial charge in [-0.1, -0.05) is 0 Å². The normalized spacial score (nSPS) is 11.1. The molecule has 1 N–H and O–H groups in total. The topological polar surface area (TPSA) is 62.7 Å². The van der Waals surface area contributed by atoms with Crippen LogP contribution in [0.15, 0.2) is 22.2 Å². The van der Waals surface area contributed by atoms with Crippen molar-refractivity contribution in [2.75, 3.05) is 26.8 Å². The molecule has 2 rings (SSSR count). The zero-order valence-corrected chi connectivity index (χ0v) is 12.7. The van der Waals surface area contributed by atoms with Gasteiger partial charge in [0.05, 0.1) is 18.8 Å². The molecule has 0 aromatic carbocycles. The van der Waals surface area contributed by atoms with Gasteiger partial charge in [-0.05, 0) is 11.4 Å². The predicted octanol–water partition coefficient (Wildman–Crippen LogP) is 2.40. The number of carbonyl (C=O) groups is 1. The number of carboxylic acids is 1. The maximum absolute atomic E-state index is 10.9. The third kappa shape index (κ3) is 4.38. The molecule has 0 spiro atoms. The summed E-state index contributed by atoms with van der Waals surface area (Å²) in [5, 5.41) is 16.0. The second-order valence-corrected chi connectivity index (χ2v) is 5.89. The van der Waals surface area contributed by atoms with Gasteiger partial charge in [0.1, 0.15) is 5.01 Å². The van der Waals surface area contributed by atoms with Gasteiger partial charge in [-0.25, -0.2) is 4.98 Å². The average molecular weight is 312 g/mol. The van der Waals surface area contributed by atoms with E-state index in [0.29, 0.717) is 19.7 Å². The smallest absolute Gasteiger partial charge is 0.317 e. The zero-order chi connectivity index (χ0) is 14.4. The van der Waals surface area contributed by atoms with Crippen molar-refractivity contribution < 1.29 is 14.6 Å². The molecule has 2 aromatic heterocycles. The monoisotopic (exact) mass is 312 g/mol. The molecule has 0 fully saturated rings. The molecule has 0 saturated heterocycles. The summed E-state index contributed by atoms with van der Waals surface area (Å²) in [7, 11) is 1.61. The van der Waals surface area contributed by atoms with Gasteiger partial charge < -0.3 is 9.84 Å². The number of nitrogens with zero attached hydrogens (tertiary/aromatic N) is 2. The van der Waals surface area contributed by atoms with E-state index in [9.17, 15) is 4.79 Å². The van der Waals surface area contributed by atoms with Crippen molar-refractivity contribution in [2.45, 2.75) is 6.54 Å². The Kier molecular flexibility index (Phi) is 5.66. The zero-order valence-electron chi connectivity index (χ0n) is 11.1. The molecule has 2 heterocycles. The highest BCUT2D eigenvalue weighted by Gasteiger charge is 2.13. The van der Waals surface area contributed by atoms with Crippen LogP contribution in [-0.2, 0) is 16.1 Å². The van der Waals surface area contributed by atoms with E-state index < -0.39 is 5.97 Å². The molecule has 0 atom stereocenters. The maximum atomic E-state index is 10.9. The van der Waals surface area contributed by atoms with E-state index in [0.717, 1.165) is 16.3 Å². The quantitative estimate of drug-likeness (QED) is 0.811. The first-order valence-corrected chi connectivity index (χ1v) is 7.91. The standard InChI is InChI=1S/C13H16N2O3S2/c1-18-4-3-15(7-12(16)17)6-11-9-20-13(14-11)10-2-5-19-8-10/h2,5,8-9H,3-4,6-7H2,1H3,(H,16,17). The highest BCUT2D eigenvalue weighted by molar-refractivity contribution is 7.14. The van der Waals surface area contributed by atoms with E-state index in [4.69, 9.17) is 9.84 Å². The first kappa shape index (κ1) is 15.1. The van der Waals surface area contributed by atoms with Gasteiger partial charge in [0.15, 0.2) is 0 Å². The van der Waals surface area contributed by atoms with Crippen LogP contribution in [0.2, 0.25) is 0 Å². The number of thiazole rings is 1. The fourth-order valence-corrected chi connectivity index (χ4v) is 3.28. The van der Waals surface area contributed by atoms with Crippen LogP contribution in [0.25, 0.3) is 10.6 Å². The Bertz CT molecular complexity index is 540. The van der Waals surface area contributed by atoms with Crippen LogP contribution in [-0.4, -0.2) is 47.8 Å². The molecule has 0 radical (unpaired) electrons. The lowest BCUT2D eigenvalue weighted by atomic mass is 10.3. The summed E-state index contributed by atoms with van der Waals surface area (Å²) in [6.07, 6.45) is 0. The molecule has 20 heavy (non-hydrogen) atoms. The van der Waals surface area contributed by atoms with Crippen LogP contribution in [0.5, 0.6) is 0 Å². The molecular weight excluding hydrogens is 296 g/mol. The summed E-state index contributed by atoms with van der Waals surface area (Å²) >= 11 is 3.22. The Morgan fingerprint density at radius 1 is 1.50 bits per heavy atom. The molecule has 0 bridgehead atoms. The second kappa shape index (κ2) is 7.49. The Hall–Kier alpha value is -1.28. The molecule has 7 heteroatoms. The Morgan fingerprint density at radius 3 is 3.00 bits per heavy atom. The van der Waals surface area contributed by atoms with Gasteiger partial charge in [-0.3, -0.25) is 9.69 Å². The molecule has 0 amide bonds. The Labute approximate surface area is 125 Å². The minimum atomic E-state index is -0.839. The molecule has 0 unspecified atom stereocenters. The van der Waals surface area contributed by atoms with Crippen LogP contribution in [0.1, 0.15) is 5.69 Å². The number of aromatic nitrogens is 1. The van der Waals surface area contributed by atoms with E-state index in [1.54, 1.807) is 29.8 Å².